The van der Waals surface area contributed by atoms with Crippen LogP contribution in [0.3, 0.4) is 0 Å². The van der Waals surface area contributed by atoms with E-state index in [1.807, 2.05) is 42.5 Å². The second-order valence-corrected chi connectivity index (χ2v) is 7.85. The minimum absolute atomic E-state index is 0.114. The van der Waals surface area contributed by atoms with Crippen LogP contribution in [0.4, 0.5) is 4.39 Å². The van der Waals surface area contributed by atoms with Gasteiger partial charge in [-0.05, 0) is 47.5 Å². The molecule has 0 aliphatic rings. The van der Waals surface area contributed by atoms with E-state index >= 15 is 0 Å². The highest BCUT2D eigenvalue weighted by atomic mass is 32.2. The number of hydrogen-bond donors (Lipinski definition) is 0. The third-order valence-corrected chi connectivity index (χ3v) is 5.93. The Labute approximate surface area is 183 Å². The number of ether oxygens (including phenoxy) is 2. The van der Waals surface area contributed by atoms with Crippen molar-refractivity contribution in [1.82, 2.24) is 9.55 Å². The molecule has 0 saturated carbocycles. The number of thioether (sulfide) groups is 1. The van der Waals surface area contributed by atoms with Gasteiger partial charge >= 0.3 is 0 Å². The Morgan fingerprint density at radius 2 is 1.81 bits per heavy atom. The number of benzene rings is 3. The summed E-state index contributed by atoms with van der Waals surface area (Å²) >= 11 is 1.39. The highest BCUT2D eigenvalue weighted by molar-refractivity contribution is 7.98. The van der Waals surface area contributed by atoms with Crippen molar-refractivity contribution in [3.63, 3.8) is 0 Å². The van der Waals surface area contributed by atoms with Crippen LogP contribution in [0.15, 0.2) is 76.7 Å². The fourth-order valence-corrected chi connectivity index (χ4v) is 4.24. The third kappa shape index (κ3) is 4.56. The van der Waals surface area contributed by atoms with Gasteiger partial charge in [0.15, 0.2) is 16.7 Å². The van der Waals surface area contributed by atoms with Crippen LogP contribution in [0.2, 0.25) is 0 Å². The molecule has 158 valence electrons. The standard InChI is InChI=1S/C24H21FN2O3S/c1-29-18-7-5-6-16(12-18)14-27-23(28)19-8-3-4-9-21(19)26-24(27)31-15-17-10-11-22(30-2)20(25)13-17/h3-13H,14-15H2,1-2H3. The number of nitrogens with zero attached hydrogens (tertiary/aromatic N) is 2. The molecule has 0 aliphatic heterocycles. The van der Waals surface area contributed by atoms with Crippen molar-refractivity contribution in [1.29, 1.82) is 0 Å². The first kappa shape index (κ1) is 20.9. The Balaban J connectivity index is 1.71. The molecular formula is C24H21FN2O3S. The lowest BCUT2D eigenvalue weighted by molar-refractivity contribution is 0.386. The first-order chi connectivity index (χ1) is 15.1. The summed E-state index contributed by atoms with van der Waals surface area (Å²) in [7, 11) is 3.04. The van der Waals surface area contributed by atoms with Crippen LogP contribution in [0, 0.1) is 5.82 Å². The lowest BCUT2D eigenvalue weighted by atomic mass is 10.2. The molecule has 4 aromatic rings. The Hall–Kier alpha value is -3.32. The summed E-state index contributed by atoms with van der Waals surface area (Å²) in [6.45, 7) is 0.354. The molecule has 4 rings (SSSR count). The predicted molar refractivity (Wildman–Crippen MR) is 121 cm³/mol. The number of methoxy groups -OCH3 is 2. The first-order valence-corrected chi connectivity index (χ1v) is 10.7. The molecule has 3 aromatic carbocycles. The maximum Gasteiger partial charge on any atom is 0.262 e. The molecule has 0 unspecified atom stereocenters. The van der Waals surface area contributed by atoms with E-state index in [1.165, 1.54) is 24.9 Å². The lowest BCUT2D eigenvalue weighted by Crippen LogP contribution is -2.24. The molecule has 0 saturated heterocycles. The van der Waals surface area contributed by atoms with Gasteiger partial charge in [0.2, 0.25) is 0 Å². The zero-order valence-electron chi connectivity index (χ0n) is 17.2. The summed E-state index contributed by atoms with van der Waals surface area (Å²) in [4.78, 5) is 18.0. The maximum atomic E-state index is 14.1. The van der Waals surface area contributed by atoms with Crippen molar-refractivity contribution in [2.45, 2.75) is 17.5 Å². The molecule has 1 aromatic heterocycles. The molecule has 0 N–H and O–H groups in total. The Bertz CT molecular complexity index is 1290. The summed E-state index contributed by atoms with van der Waals surface area (Å²) in [6, 6.07) is 19.7. The quantitative estimate of drug-likeness (QED) is 0.305. The maximum absolute atomic E-state index is 14.1. The molecule has 5 nitrogen and oxygen atoms in total. The predicted octanol–water partition coefficient (Wildman–Crippen LogP) is 4.89. The number of halogens is 1. The van der Waals surface area contributed by atoms with Crippen LogP contribution in [0.25, 0.3) is 10.9 Å². The normalized spacial score (nSPS) is 10.9. The van der Waals surface area contributed by atoms with Crippen molar-refractivity contribution >= 4 is 22.7 Å². The van der Waals surface area contributed by atoms with Crippen LogP contribution in [0.5, 0.6) is 11.5 Å². The zero-order chi connectivity index (χ0) is 21.8. The van der Waals surface area contributed by atoms with Crippen LogP contribution in [-0.2, 0) is 12.3 Å². The van der Waals surface area contributed by atoms with E-state index in [9.17, 15) is 9.18 Å². The zero-order valence-corrected chi connectivity index (χ0v) is 18.0. The summed E-state index contributed by atoms with van der Waals surface area (Å²) < 4.78 is 26.0. The molecule has 0 spiro atoms. The molecule has 0 fully saturated rings. The van der Waals surface area contributed by atoms with Gasteiger partial charge < -0.3 is 9.47 Å². The molecule has 0 radical (unpaired) electrons. The van der Waals surface area contributed by atoms with Crippen LogP contribution in [0.1, 0.15) is 11.1 Å². The van der Waals surface area contributed by atoms with Crippen LogP contribution >= 0.6 is 11.8 Å². The molecule has 1 heterocycles. The van der Waals surface area contributed by atoms with Gasteiger partial charge in [-0.25, -0.2) is 9.37 Å². The minimum Gasteiger partial charge on any atom is -0.497 e. The number of hydrogen-bond acceptors (Lipinski definition) is 5. The first-order valence-electron chi connectivity index (χ1n) is 9.67. The fourth-order valence-electron chi connectivity index (χ4n) is 3.30. The highest BCUT2D eigenvalue weighted by Gasteiger charge is 2.13. The smallest absolute Gasteiger partial charge is 0.262 e. The molecule has 7 heteroatoms. The Morgan fingerprint density at radius 1 is 0.968 bits per heavy atom. The van der Waals surface area contributed by atoms with Gasteiger partial charge in [-0.15, -0.1) is 0 Å². The van der Waals surface area contributed by atoms with E-state index in [0.29, 0.717) is 28.4 Å². The average molecular weight is 437 g/mol. The van der Waals surface area contributed by atoms with Crippen molar-refractivity contribution in [3.8, 4) is 11.5 Å². The molecular weight excluding hydrogens is 415 g/mol. The largest absolute Gasteiger partial charge is 0.497 e. The van der Waals surface area contributed by atoms with Crippen molar-refractivity contribution in [2.75, 3.05) is 14.2 Å². The Morgan fingerprint density at radius 3 is 2.58 bits per heavy atom. The number of fused-ring (bicyclic) bond motifs is 1. The van der Waals surface area contributed by atoms with E-state index < -0.39 is 5.82 Å². The third-order valence-electron chi connectivity index (χ3n) is 4.89. The summed E-state index contributed by atoms with van der Waals surface area (Å²) in [5.41, 5.74) is 2.23. The van der Waals surface area contributed by atoms with Gasteiger partial charge in [0.25, 0.3) is 5.56 Å². The molecule has 0 bridgehead atoms. The second-order valence-electron chi connectivity index (χ2n) is 6.91. The fraction of sp³-hybridized carbons (Fsp3) is 0.167. The number of rotatable bonds is 7. The Kier molecular flexibility index (Phi) is 6.23. The van der Waals surface area contributed by atoms with E-state index in [2.05, 4.69) is 0 Å². The van der Waals surface area contributed by atoms with Gasteiger partial charge in [0.05, 0.1) is 31.7 Å². The van der Waals surface area contributed by atoms with E-state index in [4.69, 9.17) is 14.5 Å². The lowest BCUT2D eigenvalue weighted by Gasteiger charge is -2.14. The van der Waals surface area contributed by atoms with Gasteiger partial charge in [-0.2, -0.15) is 0 Å². The molecule has 0 aliphatic carbocycles. The van der Waals surface area contributed by atoms with Crippen LogP contribution in [-0.4, -0.2) is 23.8 Å². The SMILES string of the molecule is COc1cccc(Cn2c(SCc3ccc(OC)c(F)c3)nc3ccccc3c2=O)c1. The van der Waals surface area contributed by atoms with Gasteiger partial charge in [-0.1, -0.05) is 42.1 Å². The highest BCUT2D eigenvalue weighted by Crippen LogP contribution is 2.26. The van der Waals surface area contributed by atoms with Gasteiger partial charge in [0, 0.05) is 5.75 Å². The topological polar surface area (TPSA) is 53.4 Å². The summed E-state index contributed by atoms with van der Waals surface area (Å²) in [5.74, 6) is 0.972. The van der Waals surface area contributed by atoms with Gasteiger partial charge in [-0.3, -0.25) is 9.36 Å². The number of para-hydroxylation sites is 1. The van der Waals surface area contributed by atoms with Crippen molar-refractivity contribution in [3.05, 3.63) is 94.0 Å². The average Bonchev–Trinajstić information content (AvgIpc) is 2.80. The summed E-state index contributed by atoms with van der Waals surface area (Å²) in [6.07, 6.45) is 0. The van der Waals surface area contributed by atoms with Crippen molar-refractivity contribution in [2.24, 2.45) is 0 Å². The molecule has 0 atom stereocenters. The minimum atomic E-state index is -0.416. The van der Waals surface area contributed by atoms with E-state index in [1.54, 1.807) is 29.9 Å². The van der Waals surface area contributed by atoms with Crippen molar-refractivity contribution < 1.29 is 13.9 Å². The van der Waals surface area contributed by atoms with E-state index in [0.717, 1.165) is 16.9 Å². The monoisotopic (exact) mass is 436 g/mol. The second kappa shape index (κ2) is 9.22. The summed E-state index contributed by atoms with van der Waals surface area (Å²) in [5, 5.41) is 1.13. The number of aromatic nitrogens is 2. The van der Waals surface area contributed by atoms with E-state index in [-0.39, 0.29) is 11.3 Å². The van der Waals surface area contributed by atoms with Gasteiger partial charge in [0.1, 0.15) is 5.75 Å². The molecule has 31 heavy (non-hydrogen) atoms. The molecule has 0 amide bonds. The van der Waals surface area contributed by atoms with Crippen LogP contribution < -0.4 is 15.0 Å².